The van der Waals surface area contributed by atoms with Gasteiger partial charge in [-0.1, -0.05) is 19.3 Å². The zero-order valence-electron chi connectivity index (χ0n) is 19.2. The van der Waals surface area contributed by atoms with Crippen molar-refractivity contribution in [2.24, 2.45) is 0 Å². The van der Waals surface area contributed by atoms with Crippen LogP contribution in [0.3, 0.4) is 0 Å². The molecule has 3 heterocycles. The Hall–Kier alpha value is -2.78. The number of fused-ring (bicyclic) bond motifs is 1. The lowest BCUT2D eigenvalue weighted by Crippen LogP contribution is -2.38. The number of benzene rings is 1. The summed E-state index contributed by atoms with van der Waals surface area (Å²) in [5, 5.41) is 13.5. The summed E-state index contributed by atoms with van der Waals surface area (Å²) in [7, 11) is 1.65. The summed E-state index contributed by atoms with van der Waals surface area (Å²) in [4.78, 5) is 18.3. The van der Waals surface area contributed by atoms with Crippen LogP contribution in [0.5, 0.6) is 5.75 Å². The van der Waals surface area contributed by atoms with E-state index in [9.17, 15) is 4.79 Å². The smallest absolute Gasteiger partial charge is 0.252 e. The number of methoxy groups -OCH3 is 1. The van der Waals surface area contributed by atoms with E-state index < -0.39 is 0 Å². The molecule has 1 aromatic carbocycles. The largest absolute Gasteiger partial charge is 0.497 e. The number of rotatable bonds is 8. The Morgan fingerprint density at radius 2 is 2.03 bits per heavy atom. The summed E-state index contributed by atoms with van der Waals surface area (Å²) in [6.07, 6.45) is 8.28. The zero-order chi connectivity index (χ0) is 22.6. The maximum absolute atomic E-state index is 12.9. The first-order valence-corrected chi connectivity index (χ1v) is 12.0. The topological polar surface area (TPSA) is 98.2 Å². The van der Waals surface area contributed by atoms with Crippen LogP contribution in [0.1, 0.15) is 56.3 Å². The van der Waals surface area contributed by atoms with Crippen LogP contribution in [-0.2, 0) is 24.4 Å². The van der Waals surface area contributed by atoms with Crippen molar-refractivity contribution in [1.29, 1.82) is 0 Å². The predicted octanol–water partition coefficient (Wildman–Crippen LogP) is 3.04. The Labute approximate surface area is 193 Å². The fraction of sp³-hybridized carbons (Fsp3) is 0.583. The first-order chi connectivity index (χ1) is 16.2. The normalized spacial score (nSPS) is 19.5. The number of ether oxygens (including phenoxy) is 2. The Kier molecular flexibility index (Phi) is 6.68. The number of tetrazole rings is 1. The lowest BCUT2D eigenvalue weighted by Gasteiger charge is -2.34. The molecule has 1 aliphatic carbocycles. The average Bonchev–Trinajstić information content (AvgIpc) is 3.52. The van der Waals surface area contributed by atoms with Gasteiger partial charge in [0.05, 0.1) is 26.3 Å². The fourth-order valence-electron chi connectivity index (χ4n) is 5.09. The molecule has 1 N–H and O–H groups in total. The van der Waals surface area contributed by atoms with Crippen LogP contribution >= 0.6 is 0 Å². The van der Waals surface area contributed by atoms with Crippen LogP contribution in [0, 0.1) is 0 Å². The van der Waals surface area contributed by atoms with Gasteiger partial charge in [0.2, 0.25) is 0 Å². The van der Waals surface area contributed by atoms with Crippen molar-refractivity contribution < 1.29 is 9.47 Å². The summed E-state index contributed by atoms with van der Waals surface area (Å²) >= 11 is 0. The molecule has 0 amide bonds. The molecular weight excluding hydrogens is 420 g/mol. The van der Waals surface area contributed by atoms with Gasteiger partial charge in [-0.05, 0) is 60.4 Å². The van der Waals surface area contributed by atoms with E-state index in [0.29, 0.717) is 25.7 Å². The van der Waals surface area contributed by atoms with Crippen molar-refractivity contribution in [2.75, 3.05) is 13.7 Å². The Balaban J connectivity index is 1.41. The monoisotopic (exact) mass is 452 g/mol. The highest BCUT2D eigenvalue weighted by molar-refractivity contribution is 5.80. The molecule has 9 nitrogen and oxygen atoms in total. The minimum atomic E-state index is -0.0487. The van der Waals surface area contributed by atoms with Gasteiger partial charge in [-0.2, -0.15) is 0 Å². The maximum Gasteiger partial charge on any atom is 0.252 e. The van der Waals surface area contributed by atoms with Crippen LogP contribution < -0.4 is 10.3 Å². The molecule has 0 bridgehead atoms. The van der Waals surface area contributed by atoms with Crippen LogP contribution in [0.25, 0.3) is 10.9 Å². The number of pyridine rings is 1. The van der Waals surface area contributed by atoms with Gasteiger partial charge in [-0.25, -0.2) is 4.68 Å². The molecule has 0 unspecified atom stereocenters. The highest BCUT2D eigenvalue weighted by atomic mass is 16.5. The number of H-pyrrole nitrogens is 1. The molecular formula is C24H32N6O3. The highest BCUT2D eigenvalue weighted by Gasteiger charge is 2.26. The van der Waals surface area contributed by atoms with Gasteiger partial charge in [0.15, 0.2) is 5.82 Å². The zero-order valence-corrected chi connectivity index (χ0v) is 19.2. The SMILES string of the molecule is COc1ccc2[nH]c(=O)c(CN(Cc3nnnn3C[C@@H]3CCCO3)C3CCCCC3)cc2c1. The highest BCUT2D eigenvalue weighted by Crippen LogP contribution is 2.26. The second-order valence-corrected chi connectivity index (χ2v) is 9.19. The first-order valence-electron chi connectivity index (χ1n) is 12.0. The minimum Gasteiger partial charge on any atom is -0.497 e. The lowest BCUT2D eigenvalue weighted by molar-refractivity contribution is 0.0893. The Bertz CT molecular complexity index is 1130. The van der Waals surface area contributed by atoms with Crippen LogP contribution in [-0.4, -0.2) is 56.0 Å². The molecule has 1 saturated carbocycles. The molecule has 9 heteroatoms. The van der Waals surface area contributed by atoms with E-state index in [2.05, 4.69) is 25.4 Å². The van der Waals surface area contributed by atoms with Gasteiger partial charge in [-0.15, -0.1) is 5.10 Å². The van der Waals surface area contributed by atoms with E-state index >= 15 is 0 Å². The summed E-state index contributed by atoms with van der Waals surface area (Å²) in [5.41, 5.74) is 1.51. The van der Waals surface area contributed by atoms with Gasteiger partial charge in [0, 0.05) is 35.7 Å². The number of hydrogen-bond acceptors (Lipinski definition) is 7. The molecule has 1 aliphatic heterocycles. The minimum absolute atomic E-state index is 0.0487. The van der Waals surface area contributed by atoms with Crippen LogP contribution in [0.4, 0.5) is 0 Å². The quantitative estimate of drug-likeness (QED) is 0.561. The van der Waals surface area contributed by atoms with E-state index in [1.54, 1.807) is 7.11 Å². The summed E-state index contributed by atoms with van der Waals surface area (Å²) in [6, 6.07) is 8.11. The molecule has 1 atom stereocenters. The third-order valence-electron chi connectivity index (χ3n) is 6.94. The predicted molar refractivity (Wildman–Crippen MR) is 124 cm³/mol. The molecule has 5 rings (SSSR count). The molecule has 176 valence electrons. The van der Waals surface area contributed by atoms with E-state index in [-0.39, 0.29) is 11.7 Å². The third kappa shape index (κ3) is 5.09. The summed E-state index contributed by atoms with van der Waals surface area (Å²) < 4.78 is 13.0. The van der Waals surface area contributed by atoms with Crippen molar-refractivity contribution in [1.82, 2.24) is 30.1 Å². The van der Waals surface area contributed by atoms with E-state index in [4.69, 9.17) is 9.47 Å². The number of nitrogens with one attached hydrogen (secondary N) is 1. The van der Waals surface area contributed by atoms with Gasteiger partial charge in [-0.3, -0.25) is 9.69 Å². The average molecular weight is 453 g/mol. The van der Waals surface area contributed by atoms with Gasteiger partial charge >= 0.3 is 0 Å². The third-order valence-corrected chi connectivity index (χ3v) is 6.94. The number of nitrogens with zero attached hydrogens (tertiary/aromatic N) is 5. The fourth-order valence-corrected chi connectivity index (χ4v) is 5.09. The molecule has 0 spiro atoms. The summed E-state index contributed by atoms with van der Waals surface area (Å²) in [6.45, 7) is 2.66. The molecule has 1 saturated heterocycles. The molecule has 2 aromatic heterocycles. The van der Waals surface area contributed by atoms with Gasteiger partial charge in [0.1, 0.15) is 5.75 Å². The number of aromatic amines is 1. The van der Waals surface area contributed by atoms with Crippen molar-refractivity contribution in [3.05, 3.63) is 46.0 Å². The van der Waals surface area contributed by atoms with Gasteiger partial charge < -0.3 is 14.5 Å². The van der Waals surface area contributed by atoms with Crippen molar-refractivity contribution in [2.45, 2.75) is 76.7 Å². The number of aromatic nitrogens is 5. The Morgan fingerprint density at radius 1 is 1.15 bits per heavy atom. The van der Waals surface area contributed by atoms with Crippen LogP contribution in [0.2, 0.25) is 0 Å². The van der Waals surface area contributed by atoms with Gasteiger partial charge in [0.25, 0.3) is 5.56 Å². The van der Waals surface area contributed by atoms with Crippen molar-refractivity contribution >= 4 is 10.9 Å². The van der Waals surface area contributed by atoms with Crippen LogP contribution in [0.15, 0.2) is 29.1 Å². The standard InChI is InChI=1S/C24H32N6O3/c1-32-20-9-10-22-17(13-20)12-18(24(31)25-22)14-29(19-6-3-2-4-7-19)16-23-26-27-28-30(23)15-21-8-5-11-33-21/h9-10,12-13,19,21H,2-8,11,14-16H2,1H3,(H,25,31)/t21-/m0/s1. The molecule has 33 heavy (non-hydrogen) atoms. The Morgan fingerprint density at radius 3 is 2.82 bits per heavy atom. The maximum atomic E-state index is 12.9. The van der Waals surface area contributed by atoms with Crippen molar-refractivity contribution in [3.8, 4) is 5.75 Å². The van der Waals surface area contributed by atoms with E-state index in [1.807, 2.05) is 28.9 Å². The molecule has 3 aromatic rings. The van der Waals surface area contributed by atoms with E-state index in [1.165, 1.54) is 19.3 Å². The second-order valence-electron chi connectivity index (χ2n) is 9.19. The van der Waals surface area contributed by atoms with Crippen molar-refractivity contribution in [3.63, 3.8) is 0 Å². The first kappa shape index (κ1) is 22.0. The number of hydrogen-bond donors (Lipinski definition) is 1. The molecule has 0 radical (unpaired) electrons. The lowest BCUT2D eigenvalue weighted by atomic mass is 9.93. The molecule has 2 fully saturated rings. The van der Waals surface area contributed by atoms with E-state index in [0.717, 1.165) is 60.3 Å². The second kappa shape index (κ2) is 10.0. The summed E-state index contributed by atoms with van der Waals surface area (Å²) in [5.74, 6) is 1.60. The molecule has 2 aliphatic rings.